The summed E-state index contributed by atoms with van der Waals surface area (Å²) in [6.07, 6.45) is -0.131. The second-order valence-electron chi connectivity index (χ2n) is 18.1. The summed E-state index contributed by atoms with van der Waals surface area (Å²) in [7, 11) is 8.51. The first-order chi connectivity index (χ1) is 29.7. The van der Waals surface area contributed by atoms with E-state index in [0.717, 1.165) is 0 Å². The van der Waals surface area contributed by atoms with E-state index in [2.05, 4.69) is 10.6 Å². The number of carbonyl (C=O) groups excluding carboxylic acids is 6. The SMILES string of the molecule is CC[C@H](C)[C@@H]([C@@H](CC(=O)N1CCC[C@H]1[C@H](OC)[C@@H](C)C(=O)N[C@H](C)[C@@H](OC(=O)c1ccc(C(C)=O)cc1)c1ccccc1)OC)N(C)C(=O)[C@@H](NC(=O)[C@H](C(C)C)N(C)C)C(C)C. The first kappa shape index (κ1) is 52.7. The van der Waals surface area contributed by atoms with Gasteiger partial charge in [0, 0.05) is 33.4 Å². The Morgan fingerprint density at radius 1 is 0.794 bits per heavy atom. The van der Waals surface area contributed by atoms with Gasteiger partial charge < -0.3 is 34.6 Å². The summed E-state index contributed by atoms with van der Waals surface area (Å²) in [6, 6.07) is 12.6. The van der Waals surface area contributed by atoms with Crippen LogP contribution in [0, 0.1) is 23.7 Å². The van der Waals surface area contributed by atoms with Gasteiger partial charge in [0.25, 0.3) is 0 Å². The maximum atomic E-state index is 14.4. The fourth-order valence-corrected chi connectivity index (χ4v) is 8.97. The van der Waals surface area contributed by atoms with Crippen LogP contribution in [-0.4, -0.2) is 134 Å². The predicted octanol–water partition coefficient (Wildman–Crippen LogP) is 5.94. The number of hydrogen-bond acceptors (Lipinski definition) is 10. The van der Waals surface area contributed by atoms with Crippen LogP contribution in [0.5, 0.6) is 0 Å². The van der Waals surface area contributed by atoms with Crippen LogP contribution < -0.4 is 10.6 Å². The molecule has 0 unspecified atom stereocenters. The minimum atomic E-state index is -0.843. The molecule has 4 amide bonds. The minimum absolute atomic E-state index is 0.00989. The molecule has 0 saturated carbocycles. The number of amides is 4. The van der Waals surface area contributed by atoms with Gasteiger partial charge in [-0.05, 0) is 76.2 Å². The highest BCUT2D eigenvalue weighted by Crippen LogP contribution is 2.31. The van der Waals surface area contributed by atoms with Crippen molar-refractivity contribution in [1.82, 2.24) is 25.3 Å². The highest BCUT2D eigenvalue weighted by Gasteiger charge is 2.43. The van der Waals surface area contributed by atoms with E-state index in [0.29, 0.717) is 36.9 Å². The Labute approximate surface area is 376 Å². The van der Waals surface area contributed by atoms with E-state index in [9.17, 15) is 28.8 Å². The van der Waals surface area contributed by atoms with Crippen molar-refractivity contribution in [3.05, 3.63) is 71.3 Å². The monoisotopic (exact) mass is 878 g/mol. The standard InChI is InChI=1S/C49H75N5O9/c1-15-31(6)43(53(12)48(59)41(29(2)3)51-47(58)42(30(4)5)52(10)11)39(61-13)28-40(56)54-27-19-22-38(54)44(62-14)32(7)46(57)50-33(8)45(36-20-17-16-18-21-36)63-49(60)37-25-23-35(24-26-37)34(9)55/h16-18,20-21,23-26,29-33,38-39,41-45H,15,19,22,27-28H2,1-14H3,(H,50,57)(H,51,58)/t31-,32+,33+,38-,39+,41-,42-,43-,44+,45+/m0/s1. The highest BCUT2D eigenvalue weighted by molar-refractivity contribution is 5.96. The Kier molecular flexibility index (Phi) is 20.4. The van der Waals surface area contributed by atoms with Crippen molar-refractivity contribution in [3.63, 3.8) is 0 Å². The Bertz CT molecular complexity index is 1810. The van der Waals surface area contributed by atoms with Crippen LogP contribution in [0.4, 0.5) is 0 Å². The molecule has 1 saturated heterocycles. The lowest BCUT2D eigenvalue weighted by atomic mass is 9.89. The van der Waals surface area contributed by atoms with Gasteiger partial charge in [0.05, 0.1) is 54.3 Å². The fraction of sp³-hybridized carbons (Fsp3) is 0.633. The molecule has 63 heavy (non-hydrogen) atoms. The van der Waals surface area contributed by atoms with Gasteiger partial charge >= 0.3 is 5.97 Å². The smallest absolute Gasteiger partial charge is 0.338 e. The molecule has 0 bridgehead atoms. The molecule has 10 atom stereocenters. The number of ether oxygens (including phenoxy) is 3. The zero-order valence-corrected chi connectivity index (χ0v) is 40.2. The number of esters is 1. The van der Waals surface area contributed by atoms with E-state index in [1.807, 2.05) is 90.9 Å². The van der Waals surface area contributed by atoms with Gasteiger partial charge in [-0.15, -0.1) is 0 Å². The predicted molar refractivity (Wildman–Crippen MR) is 244 cm³/mol. The third kappa shape index (κ3) is 13.7. The number of likely N-dealkylation sites (tertiary alicyclic amines) is 1. The van der Waals surface area contributed by atoms with Gasteiger partial charge in [0.15, 0.2) is 5.78 Å². The highest BCUT2D eigenvalue weighted by atomic mass is 16.5. The fourth-order valence-electron chi connectivity index (χ4n) is 8.97. The van der Waals surface area contributed by atoms with Crippen molar-refractivity contribution in [1.29, 1.82) is 0 Å². The molecule has 14 heteroatoms. The number of nitrogens with one attached hydrogen (secondary N) is 2. The average molecular weight is 878 g/mol. The van der Waals surface area contributed by atoms with E-state index in [1.165, 1.54) is 14.0 Å². The Balaban J connectivity index is 1.80. The largest absolute Gasteiger partial charge is 0.452 e. The summed E-state index contributed by atoms with van der Waals surface area (Å²) < 4.78 is 18.1. The van der Waals surface area contributed by atoms with Gasteiger partial charge in [0.2, 0.25) is 23.6 Å². The number of benzene rings is 2. The Hall–Kier alpha value is -4.66. The van der Waals surface area contributed by atoms with E-state index in [1.54, 1.807) is 62.1 Å². The first-order valence-corrected chi connectivity index (χ1v) is 22.5. The molecule has 1 aliphatic rings. The van der Waals surface area contributed by atoms with Crippen LogP contribution in [0.1, 0.15) is 120 Å². The number of methoxy groups -OCH3 is 2. The number of carbonyl (C=O) groups is 6. The lowest BCUT2D eigenvalue weighted by Gasteiger charge is -2.41. The van der Waals surface area contributed by atoms with E-state index in [-0.39, 0.29) is 59.1 Å². The molecule has 2 aromatic rings. The molecule has 1 fully saturated rings. The van der Waals surface area contributed by atoms with E-state index in [4.69, 9.17) is 14.2 Å². The molecule has 0 aromatic heterocycles. The third-order valence-corrected chi connectivity index (χ3v) is 12.7. The van der Waals surface area contributed by atoms with Crippen molar-refractivity contribution in [2.24, 2.45) is 23.7 Å². The summed E-state index contributed by atoms with van der Waals surface area (Å²) in [6.45, 7) is 17.3. The van der Waals surface area contributed by atoms with Crippen LogP contribution in [0.3, 0.4) is 0 Å². The topological polar surface area (TPSA) is 164 Å². The second kappa shape index (κ2) is 24.4. The molecular formula is C49H75N5O9. The van der Waals surface area contributed by atoms with Gasteiger partial charge in [-0.3, -0.25) is 28.9 Å². The van der Waals surface area contributed by atoms with Crippen molar-refractivity contribution in [2.45, 2.75) is 137 Å². The first-order valence-electron chi connectivity index (χ1n) is 22.5. The van der Waals surface area contributed by atoms with Gasteiger partial charge in [0.1, 0.15) is 12.1 Å². The van der Waals surface area contributed by atoms with Gasteiger partial charge in [-0.1, -0.05) is 97.4 Å². The van der Waals surface area contributed by atoms with Crippen molar-refractivity contribution < 1.29 is 43.0 Å². The average Bonchev–Trinajstić information content (AvgIpc) is 3.73. The van der Waals surface area contributed by atoms with Crippen LogP contribution in [0.25, 0.3) is 0 Å². The zero-order chi connectivity index (χ0) is 47.3. The number of ketones is 1. The van der Waals surface area contributed by atoms with Crippen LogP contribution >= 0.6 is 0 Å². The minimum Gasteiger partial charge on any atom is -0.452 e. The molecular weight excluding hydrogens is 803 g/mol. The lowest BCUT2D eigenvalue weighted by molar-refractivity contribution is -0.148. The third-order valence-electron chi connectivity index (χ3n) is 12.7. The van der Waals surface area contributed by atoms with Crippen molar-refractivity contribution >= 4 is 35.4 Å². The molecule has 0 spiro atoms. The van der Waals surface area contributed by atoms with Crippen molar-refractivity contribution in [2.75, 3.05) is 41.9 Å². The number of Topliss-reactive ketones (excluding diaryl/α,β-unsaturated/α-hetero) is 1. The number of hydrogen-bond donors (Lipinski definition) is 2. The number of rotatable bonds is 23. The molecule has 2 aromatic carbocycles. The molecule has 3 rings (SSSR count). The number of nitrogens with zero attached hydrogens (tertiary/aromatic N) is 3. The molecule has 0 radical (unpaired) electrons. The molecule has 1 aliphatic heterocycles. The van der Waals surface area contributed by atoms with Gasteiger partial charge in [-0.25, -0.2) is 4.79 Å². The second-order valence-corrected chi connectivity index (χ2v) is 18.1. The van der Waals surface area contributed by atoms with Crippen LogP contribution in [-0.2, 0) is 33.4 Å². The molecule has 350 valence electrons. The van der Waals surface area contributed by atoms with Crippen molar-refractivity contribution in [3.8, 4) is 0 Å². The molecule has 1 heterocycles. The quantitative estimate of drug-likeness (QED) is 0.101. The van der Waals surface area contributed by atoms with Crippen LogP contribution in [0.15, 0.2) is 54.6 Å². The van der Waals surface area contributed by atoms with E-state index >= 15 is 0 Å². The summed E-state index contributed by atoms with van der Waals surface area (Å²) in [5.74, 6) is -2.62. The Morgan fingerprint density at radius 2 is 1.40 bits per heavy atom. The normalized spacial score (nSPS) is 18.4. The number of likely N-dealkylation sites (N-methyl/N-ethyl adjacent to an activating group) is 2. The van der Waals surface area contributed by atoms with Crippen LogP contribution in [0.2, 0.25) is 0 Å². The summed E-state index contributed by atoms with van der Waals surface area (Å²) in [5, 5.41) is 6.09. The molecule has 2 N–H and O–H groups in total. The summed E-state index contributed by atoms with van der Waals surface area (Å²) in [4.78, 5) is 86.7. The Morgan fingerprint density at radius 3 is 1.90 bits per heavy atom. The lowest BCUT2D eigenvalue weighted by Crippen LogP contribution is -2.59. The van der Waals surface area contributed by atoms with Gasteiger partial charge in [-0.2, -0.15) is 0 Å². The molecule has 14 nitrogen and oxygen atoms in total. The summed E-state index contributed by atoms with van der Waals surface area (Å²) >= 11 is 0. The molecule has 0 aliphatic carbocycles. The van der Waals surface area contributed by atoms with E-state index < -0.39 is 60.4 Å². The summed E-state index contributed by atoms with van der Waals surface area (Å²) in [5.41, 5.74) is 1.43. The maximum absolute atomic E-state index is 14.4. The maximum Gasteiger partial charge on any atom is 0.338 e. The zero-order valence-electron chi connectivity index (χ0n) is 40.2.